The number of hydrogen-bond acceptors (Lipinski definition) is 5. The van der Waals surface area contributed by atoms with E-state index in [0.717, 1.165) is 45.2 Å². The Morgan fingerprint density at radius 3 is 2.88 bits per heavy atom. The van der Waals surface area contributed by atoms with Gasteiger partial charge in [-0.2, -0.15) is 0 Å². The highest BCUT2D eigenvalue weighted by Crippen LogP contribution is 2.49. The molecule has 0 spiro atoms. The Labute approximate surface area is 146 Å². The summed E-state index contributed by atoms with van der Waals surface area (Å²) >= 11 is 6.16. The molecule has 1 aromatic rings. The van der Waals surface area contributed by atoms with Crippen molar-refractivity contribution in [2.75, 3.05) is 24.6 Å². The number of hydrogen-bond donors (Lipinski definition) is 2. The molecule has 2 heterocycles. The zero-order valence-corrected chi connectivity index (χ0v) is 14.4. The van der Waals surface area contributed by atoms with Gasteiger partial charge in [0.25, 0.3) is 5.91 Å². The number of anilines is 1. The van der Waals surface area contributed by atoms with E-state index in [0.29, 0.717) is 28.7 Å². The van der Waals surface area contributed by atoms with E-state index in [-0.39, 0.29) is 24.2 Å². The van der Waals surface area contributed by atoms with Crippen molar-refractivity contribution in [3.63, 3.8) is 0 Å². The van der Waals surface area contributed by atoms with Gasteiger partial charge in [0, 0.05) is 25.7 Å². The van der Waals surface area contributed by atoms with Gasteiger partial charge in [-0.05, 0) is 49.9 Å². The topological polar surface area (TPSA) is 78.3 Å². The maximum absolute atomic E-state index is 12.6. The second-order valence-electron chi connectivity index (χ2n) is 7.32. The van der Waals surface area contributed by atoms with E-state index in [1.165, 1.54) is 6.20 Å². The largest absolute Gasteiger partial charge is 0.396 e. The third-order valence-electron chi connectivity index (χ3n) is 5.83. The summed E-state index contributed by atoms with van der Waals surface area (Å²) in [5.41, 5.74) is 0.272. The standard InChI is InChI=1S/C17H23ClN4O2/c18-13-8-19-17(22-3-1-2-4-22)21-15(13)16(24)20-14-7-11-5-10(9-23)6-12(11)14/h8,10-12,14,23H,1-7,9H2,(H,20,24)/t10?,11-,12-,14?/m1/s1. The van der Waals surface area contributed by atoms with Crippen LogP contribution in [0.25, 0.3) is 0 Å². The number of aromatic nitrogens is 2. The molecule has 2 saturated carbocycles. The van der Waals surface area contributed by atoms with Gasteiger partial charge in [-0.15, -0.1) is 0 Å². The second-order valence-corrected chi connectivity index (χ2v) is 7.73. The summed E-state index contributed by atoms with van der Waals surface area (Å²) < 4.78 is 0. The number of carbonyl (C=O) groups excluding carboxylic acids is 1. The summed E-state index contributed by atoms with van der Waals surface area (Å²) in [5.74, 6) is 1.91. The van der Waals surface area contributed by atoms with E-state index in [1.54, 1.807) is 0 Å². The van der Waals surface area contributed by atoms with Crippen molar-refractivity contribution >= 4 is 23.5 Å². The molecule has 24 heavy (non-hydrogen) atoms. The highest BCUT2D eigenvalue weighted by molar-refractivity contribution is 6.33. The van der Waals surface area contributed by atoms with Crippen LogP contribution in [0.15, 0.2) is 6.20 Å². The number of nitrogens with zero attached hydrogens (tertiary/aromatic N) is 3. The van der Waals surface area contributed by atoms with Gasteiger partial charge in [-0.1, -0.05) is 11.6 Å². The van der Waals surface area contributed by atoms with Gasteiger partial charge >= 0.3 is 0 Å². The van der Waals surface area contributed by atoms with Crippen molar-refractivity contribution in [3.05, 3.63) is 16.9 Å². The lowest BCUT2D eigenvalue weighted by molar-refractivity contribution is 0.0801. The minimum Gasteiger partial charge on any atom is -0.396 e. The lowest BCUT2D eigenvalue weighted by Crippen LogP contribution is -2.50. The Balaban J connectivity index is 1.44. The van der Waals surface area contributed by atoms with Gasteiger partial charge in [0.05, 0.1) is 11.2 Å². The average Bonchev–Trinajstić information content (AvgIpc) is 3.21. The summed E-state index contributed by atoms with van der Waals surface area (Å²) in [7, 11) is 0. The van der Waals surface area contributed by atoms with Gasteiger partial charge in [-0.3, -0.25) is 4.79 Å². The molecule has 1 saturated heterocycles. The predicted molar refractivity (Wildman–Crippen MR) is 91.2 cm³/mol. The first-order chi connectivity index (χ1) is 11.7. The fourth-order valence-electron chi connectivity index (χ4n) is 4.48. The first kappa shape index (κ1) is 16.1. The van der Waals surface area contributed by atoms with Crippen LogP contribution in [0.4, 0.5) is 5.95 Å². The molecule has 1 aliphatic heterocycles. The van der Waals surface area contributed by atoms with Crippen LogP contribution in [0, 0.1) is 17.8 Å². The summed E-state index contributed by atoms with van der Waals surface area (Å²) in [4.78, 5) is 23.4. The molecule has 1 amide bonds. The monoisotopic (exact) mass is 350 g/mol. The number of fused-ring (bicyclic) bond motifs is 1. The minimum atomic E-state index is -0.209. The van der Waals surface area contributed by atoms with E-state index >= 15 is 0 Å². The predicted octanol–water partition coefficient (Wildman–Crippen LogP) is 1.87. The average molecular weight is 351 g/mol. The van der Waals surface area contributed by atoms with E-state index in [9.17, 15) is 9.90 Å². The number of rotatable bonds is 4. The molecule has 2 unspecified atom stereocenters. The zero-order valence-electron chi connectivity index (χ0n) is 13.6. The molecule has 2 aliphatic carbocycles. The molecular weight excluding hydrogens is 328 g/mol. The van der Waals surface area contributed by atoms with Crippen molar-refractivity contribution in [3.8, 4) is 0 Å². The van der Waals surface area contributed by atoms with Crippen LogP contribution < -0.4 is 10.2 Å². The van der Waals surface area contributed by atoms with Crippen LogP contribution in [-0.4, -0.2) is 46.7 Å². The van der Waals surface area contributed by atoms with E-state index in [2.05, 4.69) is 20.2 Å². The van der Waals surface area contributed by atoms with Crippen LogP contribution >= 0.6 is 11.6 Å². The molecule has 4 rings (SSSR count). The van der Waals surface area contributed by atoms with Crippen molar-refractivity contribution in [2.45, 2.75) is 38.1 Å². The first-order valence-electron chi connectivity index (χ1n) is 8.85. The Hall–Kier alpha value is -1.40. The minimum absolute atomic E-state index is 0.181. The SMILES string of the molecule is O=C(NC1C[C@H]2CC(CO)C[C@@H]12)c1nc(N2CCCC2)ncc1Cl. The molecule has 130 valence electrons. The molecule has 0 bridgehead atoms. The number of carbonyl (C=O) groups is 1. The number of amides is 1. The Morgan fingerprint density at radius 2 is 2.12 bits per heavy atom. The number of aliphatic hydroxyl groups excluding tert-OH is 1. The number of halogens is 1. The van der Waals surface area contributed by atoms with Gasteiger partial charge in [-0.25, -0.2) is 9.97 Å². The van der Waals surface area contributed by atoms with Crippen molar-refractivity contribution < 1.29 is 9.90 Å². The summed E-state index contributed by atoms with van der Waals surface area (Å²) in [6, 6.07) is 0.181. The molecule has 1 aromatic heterocycles. The quantitative estimate of drug-likeness (QED) is 0.866. The maximum Gasteiger partial charge on any atom is 0.271 e. The summed E-state index contributed by atoms with van der Waals surface area (Å²) in [6.07, 6.45) is 6.87. The maximum atomic E-state index is 12.6. The van der Waals surface area contributed by atoms with Gasteiger partial charge < -0.3 is 15.3 Å². The Morgan fingerprint density at radius 1 is 1.33 bits per heavy atom. The number of nitrogens with one attached hydrogen (secondary N) is 1. The smallest absolute Gasteiger partial charge is 0.271 e. The van der Waals surface area contributed by atoms with Crippen molar-refractivity contribution in [1.82, 2.24) is 15.3 Å². The third-order valence-corrected chi connectivity index (χ3v) is 6.11. The molecule has 3 aliphatic rings. The molecule has 0 aromatic carbocycles. The number of aliphatic hydroxyl groups is 1. The molecule has 2 N–H and O–H groups in total. The summed E-state index contributed by atoms with van der Waals surface area (Å²) in [5, 5.41) is 12.7. The van der Waals surface area contributed by atoms with Crippen molar-refractivity contribution in [1.29, 1.82) is 0 Å². The first-order valence-corrected chi connectivity index (χ1v) is 9.22. The molecular formula is C17H23ClN4O2. The van der Waals surface area contributed by atoms with Crippen LogP contribution in [0.2, 0.25) is 5.02 Å². The fourth-order valence-corrected chi connectivity index (χ4v) is 4.66. The van der Waals surface area contributed by atoms with Gasteiger partial charge in [0.15, 0.2) is 5.69 Å². The molecule has 3 fully saturated rings. The highest BCUT2D eigenvalue weighted by atomic mass is 35.5. The second kappa shape index (κ2) is 6.48. The Bertz CT molecular complexity index is 635. The lowest BCUT2D eigenvalue weighted by atomic mass is 9.71. The van der Waals surface area contributed by atoms with Gasteiger partial charge in [0.1, 0.15) is 0 Å². The third kappa shape index (κ3) is 2.86. The molecule has 4 atom stereocenters. The van der Waals surface area contributed by atoms with E-state index in [4.69, 9.17) is 11.6 Å². The Kier molecular flexibility index (Phi) is 4.35. The highest BCUT2D eigenvalue weighted by Gasteiger charge is 2.48. The van der Waals surface area contributed by atoms with Crippen LogP contribution in [0.3, 0.4) is 0 Å². The van der Waals surface area contributed by atoms with Crippen LogP contribution in [-0.2, 0) is 0 Å². The molecule has 0 radical (unpaired) electrons. The van der Waals surface area contributed by atoms with Crippen molar-refractivity contribution in [2.24, 2.45) is 17.8 Å². The lowest BCUT2D eigenvalue weighted by Gasteiger charge is -2.40. The molecule has 7 heteroatoms. The molecule has 6 nitrogen and oxygen atoms in total. The summed E-state index contributed by atoms with van der Waals surface area (Å²) in [6.45, 7) is 2.11. The normalized spacial score (nSPS) is 31.7. The van der Waals surface area contributed by atoms with E-state index in [1.807, 2.05) is 0 Å². The van der Waals surface area contributed by atoms with E-state index < -0.39 is 0 Å². The fraction of sp³-hybridized carbons (Fsp3) is 0.706. The van der Waals surface area contributed by atoms with Gasteiger partial charge in [0.2, 0.25) is 5.95 Å². The van der Waals surface area contributed by atoms with Crippen LogP contribution in [0.1, 0.15) is 42.6 Å². The van der Waals surface area contributed by atoms with Crippen LogP contribution in [0.5, 0.6) is 0 Å². The zero-order chi connectivity index (χ0) is 16.7.